The van der Waals surface area contributed by atoms with Gasteiger partial charge in [0.15, 0.2) is 10.8 Å². The maximum absolute atomic E-state index is 12.4. The molecular formula is C20H20N6OS. The van der Waals surface area contributed by atoms with Gasteiger partial charge in [0.25, 0.3) is 0 Å². The number of imidazole rings is 1. The maximum Gasteiger partial charge on any atom is 0.326 e. The first kappa shape index (κ1) is 17.3. The van der Waals surface area contributed by atoms with Crippen LogP contribution in [0.1, 0.15) is 24.6 Å². The fraction of sp³-hybridized carbons (Fsp3) is 0.300. The number of aromatic amines is 1. The second-order valence-electron chi connectivity index (χ2n) is 7.04. The Labute approximate surface area is 165 Å². The Kier molecular flexibility index (Phi) is 4.50. The second-order valence-corrected chi connectivity index (χ2v) is 7.90. The van der Waals surface area contributed by atoms with Crippen molar-refractivity contribution in [2.24, 2.45) is 0 Å². The van der Waals surface area contributed by atoms with E-state index in [1.165, 1.54) is 0 Å². The van der Waals surface area contributed by atoms with Gasteiger partial charge in [0.05, 0.1) is 16.7 Å². The van der Waals surface area contributed by atoms with Crippen LogP contribution in [0.3, 0.4) is 0 Å². The van der Waals surface area contributed by atoms with Gasteiger partial charge >= 0.3 is 5.69 Å². The van der Waals surface area contributed by atoms with Crippen molar-refractivity contribution in [2.45, 2.75) is 25.4 Å². The largest absolute Gasteiger partial charge is 0.326 e. The summed E-state index contributed by atoms with van der Waals surface area (Å²) in [4.78, 5) is 31.0. The van der Waals surface area contributed by atoms with Crippen LogP contribution in [0.4, 0.5) is 0 Å². The van der Waals surface area contributed by atoms with Gasteiger partial charge in [-0.05, 0) is 31.0 Å². The van der Waals surface area contributed by atoms with Crippen molar-refractivity contribution in [1.29, 1.82) is 0 Å². The number of H-pyrrole nitrogens is 1. The fourth-order valence-electron chi connectivity index (χ4n) is 3.89. The molecule has 0 radical (unpaired) electrons. The number of para-hydroxylation sites is 2. The fourth-order valence-corrected chi connectivity index (χ4v) is 4.65. The monoisotopic (exact) mass is 392 g/mol. The summed E-state index contributed by atoms with van der Waals surface area (Å²) < 4.78 is 1.93. The van der Waals surface area contributed by atoms with Crippen LogP contribution in [-0.2, 0) is 6.54 Å². The average molecular weight is 392 g/mol. The lowest BCUT2D eigenvalue weighted by Crippen LogP contribution is -2.36. The third-order valence-corrected chi connectivity index (χ3v) is 6.13. The van der Waals surface area contributed by atoms with Crippen molar-refractivity contribution in [1.82, 2.24) is 29.4 Å². The molecule has 5 rings (SSSR count). The number of likely N-dealkylation sites (tertiary alicyclic amines) is 1. The van der Waals surface area contributed by atoms with Crippen LogP contribution in [-0.4, -0.2) is 42.5 Å². The molecule has 1 fully saturated rings. The number of nitrogens with zero attached hydrogens (tertiary/aromatic N) is 5. The molecule has 1 aromatic carbocycles. The van der Waals surface area contributed by atoms with E-state index in [2.05, 4.69) is 25.2 Å². The van der Waals surface area contributed by atoms with Crippen LogP contribution in [0.15, 0.2) is 52.9 Å². The Morgan fingerprint density at radius 3 is 2.71 bits per heavy atom. The predicted octanol–water partition coefficient (Wildman–Crippen LogP) is 3.08. The highest BCUT2D eigenvalue weighted by molar-refractivity contribution is 7.13. The highest BCUT2D eigenvalue weighted by atomic mass is 32.1. The first-order valence-electron chi connectivity index (χ1n) is 9.41. The summed E-state index contributed by atoms with van der Waals surface area (Å²) in [5, 5.41) is 2.94. The molecule has 0 unspecified atom stereocenters. The first-order valence-corrected chi connectivity index (χ1v) is 10.3. The van der Waals surface area contributed by atoms with E-state index in [4.69, 9.17) is 4.98 Å². The van der Waals surface area contributed by atoms with Crippen molar-refractivity contribution in [3.05, 3.63) is 64.3 Å². The molecule has 1 saturated heterocycles. The smallest absolute Gasteiger partial charge is 0.306 e. The lowest BCUT2D eigenvalue weighted by atomic mass is 10.0. The van der Waals surface area contributed by atoms with E-state index in [0.29, 0.717) is 5.82 Å². The van der Waals surface area contributed by atoms with E-state index >= 15 is 0 Å². The minimum Gasteiger partial charge on any atom is -0.306 e. The van der Waals surface area contributed by atoms with Crippen molar-refractivity contribution in [3.8, 4) is 10.8 Å². The summed E-state index contributed by atoms with van der Waals surface area (Å²) in [5.41, 5.74) is 2.95. The number of rotatable bonds is 4. The molecule has 0 amide bonds. The molecule has 7 nitrogen and oxygen atoms in total. The summed E-state index contributed by atoms with van der Waals surface area (Å²) >= 11 is 1.58. The standard InChI is InChI=1S/C20H20N6OS/c27-20-24-16-4-1-2-5-17(16)26(20)15-6-10-25(11-7-15)12-14-13-28-19(23-14)18-21-8-3-9-22-18/h1-5,8-9,13,15H,6-7,10-12H2,(H,24,27). The number of hydrogen-bond acceptors (Lipinski definition) is 6. The predicted molar refractivity (Wildman–Crippen MR) is 109 cm³/mol. The summed E-state index contributed by atoms with van der Waals surface area (Å²) in [6, 6.07) is 9.95. The third-order valence-electron chi connectivity index (χ3n) is 5.24. The zero-order valence-corrected chi connectivity index (χ0v) is 16.1. The Bertz CT molecular complexity index is 1140. The number of aromatic nitrogens is 5. The molecule has 0 spiro atoms. The van der Waals surface area contributed by atoms with E-state index in [0.717, 1.165) is 54.2 Å². The third kappa shape index (κ3) is 3.25. The zero-order chi connectivity index (χ0) is 18.9. The molecule has 1 aliphatic rings. The van der Waals surface area contributed by atoms with Crippen LogP contribution in [0, 0.1) is 0 Å². The van der Waals surface area contributed by atoms with Gasteiger partial charge in [-0.1, -0.05) is 12.1 Å². The molecule has 0 bridgehead atoms. The number of benzene rings is 1. The van der Waals surface area contributed by atoms with Crippen LogP contribution in [0.5, 0.6) is 0 Å². The molecule has 0 atom stereocenters. The minimum atomic E-state index is -0.00773. The first-order chi connectivity index (χ1) is 13.8. The van der Waals surface area contributed by atoms with Crippen LogP contribution < -0.4 is 5.69 Å². The van der Waals surface area contributed by atoms with Gasteiger partial charge in [0.2, 0.25) is 0 Å². The van der Waals surface area contributed by atoms with E-state index in [1.54, 1.807) is 29.8 Å². The number of piperidine rings is 1. The molecule has 3 aromatic heterocycles. The zero-order valence-electron chi connectivity index (χ0n) is 15.3. The van der Waals surface area contributed by atoms with E-state index in [-0.39, 0.29) is 11.7 Å². The topological polar surface area (TPSA) is 79.7 Å². The highest BCUT2D eigenvalue weighted by Crippen LogP contribution is 2.26. The molecule has 1 aliphatic heterocycles. The molecule has 0 aliphatic carbocycles. The summed E-state index contributed by atoms with van der Waals surface area (Å²) in [6.07, 6.45) is 5.39. The lowest BCUT2D eigenvalue weighted by Gasteiger charge is -2.32. The summed E-state index contributed by atoms with van der Waals surface area (Å²) in [7, 11) is 0. The van der Waals surface area contributed by atoms with Crippen molar-refractivity contribution in [2.75, 3.05) is 13.1 Å². The minimum absolute atomic E-state index is 0.00773. The molecular weight excluding hydrogens is 372 g/mol. The van der Waals surface area contributed by atoms with Crippen LogP contribution in [0.25, 0.3) is 21.9 Å². The molecule has 4 heterocycles. The van der Waals surface area contributed by atoms with Crippen molar-refractivity contribution in [3.63, 3.8) is 0 Å². The SMILES string of the molecule is O=c1[nH]c2ccccc2n1C1CCN(Cc2csc(-c3ncccn3)n2)CC1. The highest BCUT2D eigenvalue weighted by Gasteiger charge is 2.24. The van der Waals surface area contributed by atoms with E-state index < -0.39 is 0 Å². The lowest BCUT2D eigenvalue weighted by molar-refractivity contribution is 0.178. The van der Waals surface area contributed by atoms with Crippen molar-refractivity contribution >= 4 is 22.4 Å². The molecule has 28 heavy (non-hydrogen) atoms. The van der Waals surface area contributed by atoms with Crippen LogP contribution in [0.2, 0.25) is 0 Å². The second kappa shape index (κ2) is 7.29. The number of hydrogen-bond donors (Lipinski definition) is 1. The average Bonchev–Trinajstić information content (AvgIpc) is 3.33. The maximum atomic E-state index is 12.4. The quantitative estimate of drug-likeness (QED) is 0.577. The Morgan fingerprint density at radius 2 is 1.89 bits per heavy atom. The molecule has 1 N–H and O–H groups in total. The molecule has 142 valence electrons. The van der Waals surface area contributed by atoms with E-state index in [1.807, 2.05) is 28.8 Å². The van der Waals surface area contributed by atoms with Gasteiger partial charge in [-0.3, -0.25) is 9.47 Å². The van der Waals surface area contributed by atoms with Crippen molar-refractivity contribution < 1.29 is 0 Å². The van der Waals surface area contributed by atoms with Gasteiger partial charge < -0.3 is 4.98 Å². The van der Waals surface area contributed by atoms with Crippen LogP contribution >= 0.6 is 11.3 Å². The number of fused-ring (bicyclic) bond motifs is 1. The van der Waals surface area contributed by atoms with Gasteiger partial charge in [-0.2, -0.15) is 0 Å². The van der Waals surface area contributed by atoms with Gasteiger partial charge in [-0.25, -0.2) is 19.7 Å². The normalized spacial score (nSPS) is 16.0. The number of nitrogens with one attached hydrogen (secondary N) is 1. The van der Waals surface area contributed by atoms with E-state index in [9.17, 15) is 4.79 Å². The Morgan fingerprint density at radius 1 is 1.11 bits per heavy atom. The molecule has 0 saturated carbocycles. The summed E-state index contributed by atoms with van der Waals surface area (Å²) in [5.74, 6) is 0.677. The van der Waals surface area contributed by atoms with Gasteiger partial charge in [0.1, 0.15) is 0 Å². The summed E-state index contributed by atoms with van der Waals surface area (Å²) in [6.45, 7) is 2.72. The molecule has 4 aromatic rings. The van der Waals surface area contributed by atoms with Gasteiger partial charge in [-0.15, -0.1) is 11.3 Å². The number of thiazole rings is 1. The molecule has 8 heteroatoms. The van der Waals surface area contributed by atoms with Gasteiger partial charge in [0, 0.05) is 43.4 Å². The Balaban J connectivity index is 1.26. The Hall–Kier alpha value is -2.84.